The Labute approximate surface area is 245 Å². The number of nitrogens with one attached hydrogen (secondary N) is 2. The maximum atomic E-state index is 12.6. The van der Waals surface area contributed by atoms with Gasteiger partial charge >= 0.3 is 5.97 Å². The minimum atomic E-state index is -0.728. The maximum absolute atomic E-state index is 12.6. The number of carbonyl (C=O) groups excluding carboxylic acids is 3. The van der Waals surface area contributed by atoms with Gasteiger partial charge < -0.3 is 10.1 Å². The zero-order valence-electron chi connectivity index (χ0n) is 21.9. The van der Waals surface area contributed by atoms with Gasteiger partial charge in [0.2, 0.25) is 5.91 Å². The molecule has 0 spiro atoms. The number of nitro groups is 1. The lowest BCUT2D eigenvalue weighted by Gasteiger charge is -2.07. The van der Waals surface area contributed by atoms with Crippen LogP contribution in [0.5, 0.6) is 5.75 Å². The van der Waals surface area contributed by atoms with E-state index in [1.807, 2.05) is 30.3 Å². The van der Waals surface area contributed by atoms with Crippen LogP contribution in [0.3, 0.4) is 0 Å². The van der Waals surface area contributed by atoms with Gasteiger partial charge in [-0.1, -0.05) is 54.1 Å². The average molecular weight is 583 g/mol. The summed E-state index contributed by atoms with van der Waals surface area (Å²) < 4.78 is 5.34. The summed E-state index contributed by atoms with van der Waals surface area (Å²) in [6.07, 6.45) is 4.07. The smallest absolute Gasteiger partial charge is 0.336 e. The second-order valence-electron chi connectivity index (χ2n) is 8.77. The van der Waals surface area contributed by atoms with Crippen molar-refractivity contribution >= 4 is 53.0 Å². The molecule has 4 aromatic carbocycles. The van der Waals surface area contributed by atoms with Crippen molar-refractivity contribution in [2.75, 3.05) is 5.32 Å². The Hall–Kier alpha value is -5.61. The van der Waals surface area contributed by atoms with Crippen molar-refractivity contribution in [1.82, 2.24) is 5.43 Å². The minimum absolute atomic E-state index is 0.0000442. The molecule has 11 heteroatoms. The molecule has 4 rings (SSSR count). The van der Waals surface area contributed by atoms with E-state index in [1.54, 1.807) is 36.4 Å². The number of halogens is 1. The first-order valence-electron chi connectivity index (χ1n) is 12.5. The summed E-state index contributed by atoms with van der Waals surface area (Å²) in [6.45, 7) is 0. The fourth-order valence-electron chi connectivity index (χ4n) is 3.64. The lowest BCUT2D eigenvalue weighted by Crippen LogP contribution is -2.18. The number of ether oxygens (including phenoxy) is 1. The van der Waals surface area contributed by atoms with E-state index in [1.165, 1.54) is 36.4 Å². The van der Waals surface area contributed by atoms with Crippen molar-refractivity contribution in [3.05, 3.63) is 141 Å². The molecule has 0 atom stereocenters. The first kappa shape index (κ1) is 29.4. The molecular weight excluding hydrogens is 560 g/mol. The van der Waals surface area contributed by atoms with Gasteiger partial charge in [0.15, 0.2) is 0 Å². The molecule has 2 amide bonds. The van der Waals surface area contributed by atoms with E-state index in [2.05, 4.69) is 15.8 Å². The Kier molecular flexibility index (Phi) is 9.90. The Morgan fingerprint density at radius 2 is 1.64 bits per heavy atom. The molecule has 10 nitrogen and oxygen atoms in total. The fourth-order valence-corrected chi connectivity index (χ4v) is 3.77. The van der Waals surface area contributed by atoms with E-state index in [9.17, 15) is 24.5 Å². The van der Waals surface area contributed by atoms with Crippen LogP contribution in [0.1, 0.15) is 27.0 Å². The van der Waals surface area contributed by atoms with Crippen LogP contribution in [0.2, 0.25) is 5.02 Å². The molecule has 0 aromatic heterocycles. The summed E-state index contributed by atoms with van der Waals surface area (Å²) in [4.78, 5) is 47.8. The topological polar surface area (TPSA) is 140 Å². The van der Waals surface area contributed by atoms with Crippen LogP contribution < -0.4 is 15.5 Å². The Balaban J connectivity index is 1.38. The predicted octanol–water partition coefficient (Wildman–Crippen LogP) is 5.81. The normalized spacial score (nSPS) is 10.9. The third-order valence-corrected chi connectivity index (χ3v) is 5.96. The molecule has 210 valence electrons. The maximum Gasteiger partial charge on any atom is 0.336 e. The van der Waals surface area contributed by atoms with Crippen LogP contribution in [-0.4, -0.2) is 28.9 Å². The molecule has 0 aliphatic carbocycles. The van der Waals surface area contributed by atoms with Crippen LogP contribution in [0.4, 0.5) is 11.4 Å². The zero-order chi connectivity index (χ0) is 29.9. The van der Waals surface area contributed by atoms with Crippen LogP contribution in [0.15, 0.2) is 108 Å². The summed E-state index contributed by atoms with van der Waals surface area (Å²) in [5.74, 6) is -1.49. The Morgan fingerprint density at radius 1 is 0.929 bits per heavy atom. The molecule has 0 heterocycles. The third-order valence-electron chi connectivity index (χ3n) is 5.70. The largest absolute Gasteiger partial charge is 0.423 e. The van der Waals surface area contributed by atoms with Gasteiger partial charge in [0, 0.05) is 40.0 Å². The van der Waals surface area contributed by atoms with Gasteiger partial charge in [-0.3, -0.25) is 19.7 Å². The summed E-state index contributed by atoms with van der Waals surface area (Å²) in [5.41, 5.74) is 4.52. The SMILES string of the molecule is O=C(Cc1ccccc1)Nc1ccc(C(=O)N/N=C/c2cc([N+](=O)[O-])ccc2OC(=O)/C=C/c2ccc(Cl)cc2)cc1. The van der Waals surface area contributed by atoms with Gasteiger partial charge in [0.25, 0.3) is 11.6 Å². The van der Waals surface area contributed by atoms with E-state index < -0.39 is 16.8 Å². The number of anilines is 1. The summed E-state index contributed by atoms with van der Waals surface area (Å²) >= 11 is 5.86. The summed E-state index contributed by atoms with van der Waals surface area (Å²) in [7, 11) is 0. The molecule has 0 bridgehead atoms. The van der Waals surface area contributed by atoms with Crippen molar-refractivity contribution in [3.8, 4) is 5.75 Å². The van der Waals surface area contributed by atoms with Crippen LogP contribution in [0.25, 0.3) is 6.08 Å². The quantitative estimate of drug-likeness (QED) is 0.0603. The van der Waals surface area contributed by atoms with Crippen LogP contribution >= 0.6 is 11.6 Å². The molecule has 0 unspecified atom stereocenters. The van der Waals surface area contributed by atoms with E-state index in [4.69, 9.17) is 16.3 Å². The third kappa shape index (κ3) is 8.70. The van der Waals surface area contributed by atoms with Gasteiger partial charge in [0.1, 0.15) is 5.75 Å². The van der Waals surface area contributed by atoms with E-state index in [0.29, 0.717) is 16.3 Å². The minimum Gasteiger partial charge on any atom is -0.423 e. The molecular formula is C31H23ClN4O6. The second-order valence-corrected chi connectivity index (χ2v) is 9.21. The highest BCUT2D eigenvalue weighted by Gasteiger charge is 2.13. The number of hydrogen-bond acceptors (Lipinski definition) is 7. The number of carbonyl (C=O) groups is 3. The van der Waals surface area contributed by atoms with Gasteiger partial charge in [-0.05, 0) is 59.7 Å². The monoisotopic (exact) mass is 582 g/mol. The van der Waals surface area contributed by atoms with Crippen molar-refractivity contribution in [2.45, 2.75) is 6.42 Å². The van der Waals surface area contributed by atoms with Crippen LogP contribution in [0, 0.1) is 10.1 Å². The predicted molar refractivity (Wildman–Crippen MR) is 159 cm³/mol. The van der Waals surface area contributed by atoms with Gasteiger partial charge in [-0.2, -0.15) is 5.10 Å². The Bertz CT molecular complexity index is 1650. The van der Waals surface area contributed by atoms with Crippen molar-refractivity contribution in [2.24, 2.45) is 5.10 Å². The average Bonchev–Trinajstić information content (AvgIpc) is 2.98. The highest BCUT2D eigenvalue weighted by atomic mass is 35.5. The second kappa shape index (κ2) is 14.1. The van der Waals surface area contributed by atoms with E-state index in [0.717, 1.165) is 17.8 Å². The molecule has 4 aromatic rings. The van der Waals surface area contributed by atoms with E-state index >= 15 is 0 Å². The summed E-state index contributed by atoms with van der Waals surface area (Å²) in [6, 6.07) is 25.9. The number of non-ortho nitro benzene ring substituents is 1. The number of nitrogens with zero attached hydrogens (tertiary/aromatic N) is 2. The standard InChI is InChI=1S/C31H23ClN4O6/c32-25-11-6-21(7-12-25)8-17-30(38)42-28-16-15-27(36(40)41)19-24(28)20-33-35-31(39)23-9-13-26(14-10-23)34-29(37)18-22-4-2-1-3-5-22/h1-17,19-20H,18H2,(H,34,37)(H,35,39)/b17-8+,33-20+. The first-order valence-corrected chi connectivity index (χ1v) is 12.9. The molecule has 2 N–H and O–H groups in total. The van der Waals surface area contributed by atoms with Gasteiger partial charge in [-0.15, -0.1) is 0 Å². The zero-order valence-corrected chi connectivity index (χ0v) is 22.7. The number of hydrogen-bond donors (Lipinski definition) is 2. The molecule has 0 radical (unpaired) electrons. The number of benzene rings is 4. The fraction of sp³-hybridized carbons (Fsp3) is 0.0323. The lowest BCUT2D eigenvalue weighted by molar-refractivity contribution is -0.384. The highest BCUT2D eigenvalue weighted by molar-refractivity contribution is 6.30. The number of hydrazone groups is 1. The lowest BCUT2D eigenvalue weighted by atomic mass is 10.1. The van der Waals surface area contributed by atoms with E-state index in [-0.39, 0.29) is 34.9 Å². The first-order chi connectivity index (χ1) is 20.3. The Morgan fingerprint density at radius 3 is 2.33 bits per heavy atom. The molecule has 0 saturated heterocycles. The number of amides is 2. The number of esters is 1. The molecule has 0 aliphatic heterocycles. The van der Waals surface area contributed by atoms with Crippen molar-refractivity contribution in [3.63, 3.8) is 0 Å². The molecule has 0 fully saturated rings. The number of rotatable bonds is 10. The number of nitro benzene ring substituents is 1. The van der Waals surface area contributed by atoms with Gasteiger partial charge in [-0.25, -0.2) is 10.2 Å². The highest BCUT2D eigenvalue weighted by Crippen LogP contribution is 2.23. The van der Waals surface area contributed by atoms with Crippen LogP contribution in [-0.2, 0) is 16.0 Å². The van der Waals surface area contributed by atoms with Gasteiger partial charge in [0.05, 0.1) is 17.6 Å². The summed E-state index contributed by atoms with van der Waals surface area (Å²) in [5, 5.41) is 18.5. The van der Waals surface area contributed by atoms with Crippen molar-refractivity contribution in [1.29, 1.82) is 0 Å². The molecule has 0 aliphatic rings. The molecule has 0 saturated carbocycles. The molecule has 42 heavy (non-hydrogen) atoms. The van der Waals surface area contributed by atoms with Crippen molar-refractivity contribution < 1.29 is 24.0 Å².